The van der Waals surface area contributed by atoms with Crippen LogP contribution in [0.5, 0.6) is 0 Å². The van der Waals surface area contributed by atoms with Crippen LogP contribution in [0.15, 0.2) is 24.3 Å². The highest BCUT2D eigenvalue weighted by Gasteiger charge is 2.07. The van der Waals surface area contributed by atoms with Gasteiger partial charge in [-0.15, -0.1) is 0 Å². The summed E-state index contributed by atoms with van der Waals surface area (Å²) in [4.78, 5) is 2.36. The molecule has 0 amide bonds. The molecule has 0 aromatic heterocycles. The summed E-state index contributed by atoms with van der Waals surface area (Å²) in [6, 6.07) is 8.46. The number of nitrogens with one attached hydrogen (secondary N) is 1. The molecule has 0 aliphatic rings. The van der Waals surface area contributed by atoms with Gasteiger partial charge in [-0.25, -0.2) is 0 Å². The van der Waals surface area contributed by atoms with Crippen LogP contribution < -0.4 is 5.32 Å². The molecule has 96 valence electrons. The lowest BCUT2D eigenvalue weighted by molar-refractivity contribution is 0.288. The summed E-state index contributed by atoms with van der Waals surface area (Å²) in [6.07, 6.45) is 2.15. The first-order valence-corrected chi connectivity index (χ1v) is 7.60. The number of halogens is 1. The molecule has 1 unspecified atom stereocenters. The fraction of sp³-hybridized carbons (Fsp3) is 0.538. The molecular weight excluding hydrogens is 252 g/mol. The second-order valence-electron chi connectivity index (χ2n) is 4.19. The van der Waals surface area contributed by atoms with Crippen molar-refractivity contribution in [3.63, 3.8) is 0 Å². The summed E-state index contributed by atoms with van der Waals surface area (Å²) in [6.45, 7) is 4.19. The quantitative estimate of drug-likeness (QED) is 0.819. The van der Waals surface area contributed by atoms with Gasteiger partial charge >= 0.3 is 0 Å². The van der Waals surface area contributed by atoms with Gasteiger partial charge in [-0.05, 0) is 32.4 Å². The number of thioether (sulfide) groups is 1. The Labute approximate surface area is 114 Å². The van der Waals surface area contributed by atoms with Crippen LogP contribution in [0.2, 0.25) is 5.02 Å². The molecule has 1 atom stereocenters. The summed E-state index contributed by atoms with van der Waals surface area (Å²) in [5.41, 5.74) is 1.01. The summed E-state index contributed by atoms with van der Waals surface area (Å²) in [5, 5.41) is 4.14. The van der Waals surface area contributed by atoms with E-state index in [9.17, 15) is 0 Å². The van der Waals surface area contributed by atoms with Gasteiger partial charge in [0, 0.05) is 24.9 Å². The minimum Gasteiger partial charge on any atom is -0.383 e. The van der Waals surface area contributed by atoms with Crippen molar-refractivity contribution in [3.8, 4) is 0 Å². The van der Waals surface area contributed by atoms with Crippen LogP contribution in [0.25, 0.3) is 0 Å². The molecule has 1 rings (SSSR count). The minimum atomic E-state index is 0.609. The molecule has 17 heavy (non-hydrogen) atoms. The van der Waals surface area contributed by atoms with Crippen LogP contribution in [0.4, 0.5) is 5.69 Å². The maximum absolute atomic E-state index is 6.07. The summed E-state index contributed by atoms with van der Waals surface area (Å²) >= 11 is 7.96. The van der Waals surface area contributed by atoms with Crippen LogP contribution in [0, 0.1) is 0 Å². The first kappa shape index (κ1) is 14.7. The molecule has 4 heteroatoms. The number of nitrogens with zero attached hydrogens (tertiary/aromatic N) is 1. The van der Waals surface area contributed by atoms with Gasteiger partial charge in [-0.2, -0.15) is 11.8 Å². The maximum Gasteiger partial charge on any atom is 0.0637 e. The molecule has 0 radical (unpaired) electrons. The molecule has 0 saturated heterocycles. The molecule has 0 heterocycles. The molecule has 1 aromatic carbocycles. The number of likely N-dealkylation sites (N-methyl/N-ethyl adjacent to an activating group) is 1. The third-order valence-electron chi connectivity index (χ3n) is 2.81. The fourth-order valence-corrected chi connectivity index (χ4v) is 2.50. The van der Waals surface area contributed by atoms with E-state index in [1.807, 2.05) is 36.0 Å². The Morgan fingerprint density at radius 2 is 2.12 bits per heavy atom. The number of hydrogen-bond acceptors (Lipinski definition) is 3. The standard InChI is InChI=1S/C13H21ClN2S/c1-11(10-17-3)16(2)9-8-15-13-7-5-4-6-12(13)14/h4-7,11,15H,8-10H2,1-3H3. The van der Waals surface area contributed by atoms with Crippen LogP contribution in [-0.4, -0.2) is 43.1 Å². The van der Waals surface area contributed by atoms with Crippen LogP contribution in [0.1, 0.15) is 6.92 Å². The van der Waals surface area contributed by atoms with Crippen molar-refractivity contribution in [1.29, 1.82) is 0 Å². The van der Waals surface area contributed by atoms with Crippen molar-refractivity contribution in [2.24, 2.45) is 0 Å². The van der Waals surface area contributed by atoms with E-state index in [4.69, 9.17) is 11.6 Å². The Morgan fingerprint density at radius 3 is 2.76 bits per heavy atom. The number of rotatable bonds is 7. The summed E-state index contributed by atoms with van der Waals surface area (Å²) in [7, 11) is 2.16. The van der Waals surface area contributed by atoms with Crippen LogP contribution >= 0.6 is 23.4 Å². The van der Waals surface area contributed by atoms with Gasteiger partial charge in [0.1, 0.15) is 0 Å². The zero-order valence-corrected chi connectivity index (χ0v) is 12.3. The third-order valence-corrected chi connectivity index (χ3v) is 3.96. The maximum atomic E-state index is 6.07. The lowest BCUT2D eigenvalue weighted by atomic mass is 10.3. The van der Waals surface area contributed by atoms with Gasteiger partial charge in [0.05, 0.1) is 10.7 Å². The van der Waals surface area contributed by atoms with E-state index >= 15 is 0 Å². The monoisotopic (exact) mass is 272 g/mol. The lowest BCUT2D eigenvalue weighted by Gasteiger charge is -2.24. The largest absolute Gasteiger partial charge is 0.383 e. The summed E-state index contributed by atoms with van der Waals surface area (Å²) < 4.78 is 0. The summed E-state index contributed by atoms with van der Waals surface area (Å²) in [5.74, 6) is 1.17. The Bertz CT molecular complexity index is 333. The highest BCUT2D eigenvalue weighted by molar-refractivity contribution is 7.98. The van der Waals surface area contributed by atoms with Crippen molar-refractivity contribution < 1.29 is 0 Å². The second kappa shape index (κ2) is 7.85. The molecule has 0 fully saturated rings. The Kier molecular flexibility index (Phi) is 6.78. The van der Waals surface area contributed by atoms with E-state index in [1.165, 1.54) is 5.75 Å². The molecule has 1 aromatic rings. The van der Waals surface area contributed by atoms with Gasteiger partial charge in [0.15, 0.2) is 0 Å². The molecule has 0 spiro atoms. The minimum absolute atomic E-state index is 0.609. The normalized spacial score (nSPS) is 12.8. The average molecular weight is 273 g/mol. The van der Waals surface area contributed by atoms with E-state index in [0.717, 1.165) is 23.8 Å². The molecule has 0 bridgehead atoms. The molecule has 1 N–H and O–H groups in total. The SMILES string of the molecule is CSCC(C)N(C)CCNc1ccccc1Cl. The predicted molar refractivity (Wildman–Crippen MR) is 80.4 cm³/mol. The highest BCUT2D eigenvalue weighted by atomic mass is 35.5. The van der Waals surface area contributed by atoms with Gasteiger partial charge < -0.3 is 10.2 Å². The third kappa shape index (κ3) is 5.19. The first-order valence-electron chi connectivity index (χ1n) is 5.82. The Morgan fingerprint density at radius 1 is 1.41 bits per heavy atom. The van der Waals surface area contributed by atoms with Crippen LogP contribution in [0.3, 0.4) is 0 Å². The zero-order valence-electron chi connectivity index (χ0n) is 10.7. The molecule has 0 saturated carbocycles. The molecular formula is C13H21ClN2S. The molecule has 2 nitrogen and oxygen atoms in total. The first-order chi connectivity index (χ1) is 8.15. The second-order valence-corrected chi connectivity index (χ2v) is 5.51. The predicted octanol–water partition coefficient (Wildman–Crippen LogP) is 3.44. The van der Waals surface area contributed by atoms with E-state index in [-0.39, 0.29) is 0 Å². The average Bonchev–Trinajstić information content (AvgIpc) is 2.31. The van der Waals surface area contributed by atoms with Crippen molar-refractivity contribution in [2.45, 2.75) is 13.0 Å². The lowest BCUT2D eigenvalue weighted by Crippen LogP contribution is -2.34. The van der Waals surface area contributed by atoms with Gasteiger partial charge in [-0.1, -0.05) is 23.7 Å². The van der Waals surface area contributed by atoms with E-state index in [0.29, 0.717) is 6.04 Å². The number of para-hydroxylation sites is 1. The highest BCUT2D eigenvalue weighted by Crippen LogP contribution is 2.19. The topological polar surface area (TPSA) is 15.3 Å². The molecule has 0 aliphatic heterocycles. The van der Waals surface area contributed by atoms with Gasteiger partial charge in [0.2, 0.25) is 0 Å². The van der Waals surface area contributed by atoms with Crippen molar-refractivity contribution in [2.75, 3.05) is 37.5 Å². The Balaban J connectivity index is 2.30. The number of anilines is 1. The van der Waals surface area contributed by atoms with Crippen molar-refractivity contribution in [3.05, 3.63) is 29.3 Å². The van der Waals surface area contributed by atoms with Crippen molar-refractivity contribution in [1.82, 2.24) is 4.90 Å². The van der Waals surface area contributed by atoms with Crippen molar-refractivity contribution >= 4 is 29.1 Å². The zero-order chi connectivity index (χ0) is 12.7. The Hall–Kier alpha value is -0.380. The fourth-order valence-electron chi connectivity index (χ4n) is 1.56. The number of hydrogen-bond donors (Lipinski definition) is 1. The van der Waals surface area contributed by atoms with E-state index < -0.39 is 0 Å². The van der Waals surface area contributed by atoms with Gasteiger partial charge in [-0.3, -0.25) is 0 Å². The van der Waals surface area contributed by atoms with Gasteiger partial charge in [0.25, 0.3) is 0 Å². The molecule has 0 aliphatic carbocycles. The smallest absolute Gasteiger partial charge is 0.0637 e. The van der Waals surface area contributed by atoms with E-state index in [1.54, 1.807) is 0 Å². The van der Waals surface area contributed by atoms with Crippen LogP contribution in [-0.2, 0) is 0 Å². The van der Waals surface area contributed by atoms with E-state index in [2.05, 4.69) is 30.4 Å². The number of benzene rings is 1.